The Hall–Kier alpha value is -1.49. The van der Waals surface area contributed by atoms with Crippen LogP contribution in [0.15, 0.2) is 18.2 Å². The van der Waals surface area contributed by atoms with E-state index in [2.05, 4.69) is 30.8 Å². The van der Waals surface area contributed by atoms with E-state index in [9.17, 15) is 0 Å². The fourth-order valence-corrected chi connectivity index (χ4v) is 1.70. The molecule has 0 aliphatic rings. The first-order valence-corrected chi connectivity index (χ1v) is 5.64. The summed E-state index contributed by atoms with van der Waals surface area (Å²) in [6, 6.07) is 6.12. The molecule has 1 unspecified atom stereocenters. The number of anilines is 1. The lowest BCUT2D eigenvalue weighted by Gasteiger charge is -2.20. The van der Waals surface area contributed by atoms with Crippen LogP contribution in [0.25, 0.3) is 0 Å². The summed E-state index contributed by atoms with van der Waals surface area (Å²) in [6.07, 6.45) is 6.17. The quantitative estimate of drug-likeness (QED) is 0.719. The topological polar surface area (TPSA) is 16.1 Å². The first kappa shape index (κ1) is 12.6. The van der Waals surface area contributed by atoms with E-state index in [0.717, 1.165) is 17.9 Å². The van der Waals surface area contributed by atoms with E-state index in [4.69, 9.17) is 6.42 Å². The van der Waals surface area contributed by atoms with Crippen molar-refractivity contribution in [1.29, 1.82) is 0 Å². The molecular formula is C14H20N2. The van der Waals surface area contributed by atoms with Crippen molar-refractivity contribution in [2.75, 3.05) is 19.0 Å². The van der Waals surface area contributed by atoms with E-state index in [1.165, 1.54) is 0 Å². The van der Waals surface area contributed by atoms with Gasteiger partial charge in [0.05, 0.1) is 0 Å². The van der Waals surface area contributed by atoms with Crippen LogP contribution in [0.2, 0.25) is 0 Å². The molecule has 0 bridgehead atoms. The Morgan fingerprint density at radius 3 is 2.56 bits per heavy atom. The van der Waals surface area contributed by atoms with Crippen molar-refractivity contribution in [3.8, 4) is 12.3 Å². The van der Waals surface area contributed by atoms with E-state index in [1.54, 1.807) is 0 Å². The van der Waals surface area contributed by atoms with Gasteiger partial charge in [0, 0.05) is 32.1 Å². The second kappa shape index (κ2) is 5.55. The molecular weight excluding hydrogens is 196 g/mol. The molecule has 1 atom stereocenters. The molecule has 0 aliphatic heterocycles. The number of hydrogen-bond acceptors (Lipinski definition) is 2. The van der Waals surface area contributed by atoms with Crippen molar-refractivity contribution < 1.29 is 0 Å². The van der Waals surface area contributed by atoms with Gasteiger partial charge in [-0.15, -0.1) is 12.3 Å². The molecule has 0 saturated carbocycles. The Labute approximate surface area is 98.7 Å². The van der Waals surface area contributed by atoms with Gasteiger partial charge in [-0.3, -0.25) is 0 Å². The Balaban J connectivity index is 3.01. The largest absolute Gasteiger partial charge is 0.363 e. The van der Waals surface area contributed by atoms with Crippen molar-refractivity contribution >= 4 is 5.82 Å². The molecule has 16 heavy (non-hydrogen) atoms. The van der Waals surface area contributed by atoms with E-state index in [0.29, 0.717) is 11.8 Å². The molecule has 1 aromatic heterocycles. The Kier molecular flexibility index (Phi) is 4.37. The SMILES string of the molecule is C#CCC(c1cccc(N(C)C)n1)C(C)C. The first-order valence-electron chi connectivity index (χ1n) is 5.64. The fourth-order valence-electron chi connectivity index (χ4n) is 1.70. The van der Waals surface area contributed by atoms with Crippen molar-refractivity contribution in [3.63, 3.8) is 0 Å². The monoisotopic (exact) mass is 216 g/mol. The molecule has 0 amide bonds. The zero-order valence-electron chi connectivity index (χ0n) is 10.6. The Morgan fingerprint density at radius 2 is 2.06 bits per heavy atom. The minimum absolute atomic E-state index is 0.352. The summed E-state index contributed by atoms with van der Waals surface area (Å²) in [5.74, 6) is 4.60. The predicted octanol–water partition coefficient (Wildman–Crippen LogP) is 2.91. The molecule has 0 N–H and O–H groups in total. The zero-order chi connectivity index (χ0) is 12.1. The van der Waals surface area contributed by atoms with Gasteiger partial charge in [-0.2, -0.15) is 0 Å². The first-order chi connectivity index (χ1) is 7.56. The summed E-state index contributed by atoms with van der Waals surface area (Å²) >= 11 is 0. The third-order valence-corrected chi connectivity index (χ3v) is 2.74. The van der Waals surface area contributed by atoms with Gasteiger partial charge in [-0.25, -0.2) is 4.98 Å². The summed E-state index contributed by atoms with van der Waals surface area (Å²) in [4.78, 5) is 6.65. The standard InChI is InChI=1S/C14H20N2/c1-6-8-12(11(2)3)13-9-7-10-14(15-13)16(4)5/h1,7,9-12H,8H2,2-5H3. The summed E-state index contributed by atoms with van der Waals surface area (Å²) in [5.41, 5.74) is 1.10. The smallest absolute Gasteiger partial charge is 0.128 e. The second-order valence-electron chi connectivity index (χ2n) is 4.57. The molecule has 0 radical (unpaired) electrons. The third-order valence-electron chi connectivity index (χ3n) is 2.74. The lowest BCUT2D eigenvalue weighted by Crippen LogP contribution is -2.14. The number of nitrogens with zero attached hydrogens (tertiary/aromatic N) is 2. The molecule has 1 aromatic rings. The van der Waals surface area contributed by atoms with Crippen molar-refractivity contribution in [2.24, 2.45) is 5.92 Å². The van der Waals surface area contributed by atoms with Crippen LogP contribution >= 0.6 is 0 Å². The lowest BCUT2D eigenvalue weighted by molar-refractivity contribution is 0.497. The van der Waals surface area contributed by atoms with Crippen molar-refractivity contribution in [3.05, 3.63) is 23.9 Å². The van der Waals surface area contributed by atoms with Gasteiger partial charge in [0.15, 0.2) is 0 Å². The maximum atomic E-state index is 5.41. The minimum Gasteiger partial charge on any atom is -0.363 e. The fraction of sp³-hybridized carbons (Fsp3) is 0.500. The molecule has 86 valence electrons. The highest BCUT2D eigenvalue weighted by molar-refractivity contribution is 5.37. The van der Waals surface area contributed by atoms with Gasteiger partial charge in [-0.1, -0.05) is 19.9 Å². The van der Waals surface area contributed by atoms with Gasteiger partial charge in [0.25, 0.3) is 0 Å². The Morgan fingerprint density at radius 1 is 1.38 bits per heavy atom. The van der Waals surface area contributed by atoms with E-state index in [-0.39, 0.29) is 0 Å². The molecule has 0 aromatic carbocycles. The van der Waals surface area contributed by atoms with Crippen molar-refractivity contribution in [1.82, 2.24) is 4.98 Å². The third kappa shape index (κ3) is 3.00. The van der Waals surface area contributed by atoms with E-state index < -0.39 is 0 Å². The lowest BCUT2D eigenvalue weighted by atomic mass is 9.89. The number of aromatic nitrogens is 1. The van der Waals surface area contributed by atoms with Crippen LogP contribution < -0.4 is 4.90 Å². The Bertz CT molecular complexity index is 375. The summed E-state index contributed by atoms with van der Waals surface area (Å²) in [5, 5.41) is 0. The van der Waals surface area contributed by atoms with Crippen LogP contribution in [-0.4, -0.2) is 19.1 Å². The predicted molar refractivity (Wildman–Crippen MR) is 69.6 cm³/mol. The average molecular weight is 216 g/mol. The highest BCUT2D eigenvalue weighted by Gasteiger charge is 2.16. The molecule has 0 saturated heterocycles. The van der Waals surface area contributed by atoms with Crippen LogP contribution in [0.1, 0.15) is 31.9 Å². The zero-order valence-corrected chi connectivity index (χ0v) is 10.6. The molecule has 1 rings (SSSR count). The number of terminal acetylenes is 1. The van der Waals surface area contributed by atoms with Gasteiger partial charge < -0.3 is 4.90 Å². The molecule has 0 aliphatic carbocycles. The number of hydrogen-bond donors (Lipinski definition) is 0. The normalized spacial score (nSPS) is 12.2. The highest BCUT2D eigenvalue weighted by atomic mass is 15.1. The summed E-state index contributed by atoms with van der Waals surface area (Å²) < 4.78 is 0. The molecule has 2 heteroatoms. The van der Waals surface area contributed by atoms with Crippen LogP contribution in [-0.2, 0) is 0 Å². The minimum atomic E-state index is 0.352. The van der Waals surface area contributed by atoms with Crippen LogP contribution in [0.5, 0.6) is 0 Å². The van der Waals surface area contributed by atoms with E-state index in [1.807, 2.05) is 31.1 Å². The highest BCUT2D eigenvalue weighted by Crippen LogP contribution is 2.27. The number of pyridine rings is 1. The summed E-state index contributed by atoms with van der Waals surface area (Å²) in [7, 11) is 4.00. The molecule has 0 spiro atoms. The van der Waals surface area contributed by atoms with Crippen LogP contribution in [0.4, 0.5) is 5.82 Å². The molecule has 2 nitrogen and oxygen atoms in total. The molecule has 1 heterocycles. The maximum Gasteiger partial charge on any atom is 0.128 e. The second-order valence-corrected chi connectivity index (χ2v) is 4.57. The van der Waals surface area contributed by atoms with Gasteiger partial charge in [0.1, 0.15) is 5.82 Å². The number of rotatable bonds is 4. The van der Waals surface area contributed by atoms with E-state index >= 15 is 0 Å². The van der Waals surface area contributed by atoms with Crippen LogP contribution in [0.3, 0.4) is 0 Å². The van der Waals surface area contributed by atoms with Gasteiger partial charge in [0.2, 0.25) is 0 Å². The maximum absolute atomic E-state index is 5.41. The van der Waals surface area contributed by atoms with Crippen molar-refractivity contribution in [2.45, 2.75) is 26.2 Å². The van der Waals surface area contributed by atoms with Gasteiger partial charge in [-0.05, 0) is 18.1 Å². The van der Waals surface area contributed by atoms with Crippen LogP contribution in [0, 0.1) is 18.3 Å². The average Bonchev–Trinajstić information content (AvgIpc) is 2.25. The van der Waals surface area contributed by atoms with Gasteiger partial charge >= 0.3 is 0 Å². The molecule has 0 fully saturated rings. The summed E-state index contributed by atoms with van der Waals surface area (Å²) in [6.45, 7) is 4.37.